The Morgan fingerprint density at radius 1 is 1.06 bits per heavy atom. The highest BCUT2D eigenvalue weighted by Gasteiger charge is 2.39. The van der Waals surface area contributed by atoms with Crippen LogP contribution in [0.4, 0.5) is 5.69 Å². The number of aliphatic carboxylic acids is 1. The number of carbonyl (C=O) groups is 8. The minimum absolute atomic E-state index is 0.0125. The van der Waals surface area contributed by atoms with Gasteiger partial charge in [-0.05, 0) is 87.9 Å². The molecule has 0 saturated carbocycles. The SMILES string of the molecule is CC[C@H](C)C(CC(=O)[C@H]1CCCCN1C)C(=O)N(C)[C@H](C[C@@H](OC(C)=O)c1nc(C(=O)N[C@@H](Cc2ccc(OP(=O)(O)O)c(NC(=O)CCCCN3C(=O)CC(SC)C3=O)c2)CC(C)C(=O)O)cs1)C(C)C. The van der Waals surface area contributed by atoms with Crippen LogP contribution < -0.4 is 15.2 Å². The van der Waals surface area contributed by atoms with Gasteiger partial charge in [0.15, 0.2) is 17.6 Å². The number of carboxylic acids is 1. The molecule has 3 unspecified atom stereocenters. The number of carbonyl (C=O) groups excluding carboxylic acids is 7. The molecule has 72 heavy (non-hydrogen) atoms. The van der Waals surface area contributed by atoms with Crippen molar-refractivity contribution in [2.24, 2.45) is 23.7 Å². The maximum absolute atomic E-state index is 14.4. The topological polar surface area (TPSA) is 279 Å². The first-order valence-corrected chi connectivity index (χ1v) is 28.2. The van der Waals surface area contributed by atoms with E-state index in [0.29, 0.717) is 18.4 Å². The van der Waals surface area contributed by atoms with Crippen molar-refractivity contribution in [2.45, 2.75) is 148 Å². The third kappa shape index (κ3) is 17.5. The van der Waals surface area contributed by atoms with Crippen LogP contribution in [0.5, 0.6) is 5.75 Å². The minimum Gasteiger partial charge on any atom is -0.481 e. The first kappa shape index (κ1) is 59.8. The van der Waals surface area contributed by atoms with Crippen LogP contribution in [0, 0.1) is 23.7 Å². The Balaban J connectivity index is 1.52. The maximum Gasteiger partial charge on any atom is 0.524 e. The van der Waals surface area contributed by atoms with Crippen molar-refractivity contribution in [3.8, 4) is 5.75 Å². The number of amides is 5. The molecule has 1 aromatic heterocycles. The summed E-state index contributed by atoms with van der Waals surface area (Å²) >= 11 is 2.37. The number of thiazole rings is 1. The largest absolute Gasteiger partial charge is 0.524 e. The minimum atomic E-state index is -5.11. The monoisotopic (exact) mass is 1060 g/mol. The summed E-state index contributed by atoms with van der Waals surface area (Å²) in [6, 6.07) is 2.52. The number of phosphoric acid groups is 1. The summed E-state index contributed by atoms with van der Waals surface area (Å²) in [5.41, 5.74) is 0.275. The number of ether oxygens (including phenoxy) is 1. The van der Waals surface area contributed by atoms with Gasteiger partial charge in [-0.3, -0.25) is 57.9 Å². The van der Waals surface area contributed by atoms with Gasteiger partial charge in [-0.1, -0.05) is 53.5 Å². The number of benzene rings is 1. The highest BCUT2D eigenvalue weighted by atomic mass is 32.2. The summed E-state index contributed by atoms with van der Waals surface area (Å²) in [7, 11) is -1.46. The van der Waals surface area contributed by atoms with Crippen molar-refractivity contribution >= 4 is 83.9 Å². The molecule has 5 N–H and O–H groups in total. The maximum atomic E-state index is 14.4. The number of hydrogen-bond acceptors (Lipinski definition) is 15. The van der Waals surface area contributed by atoms with E-state index >= 15 is 0 Å². The zero-order chi connectivity index (χ0) is 53.6. The number of carboxylic acid groups (broad SMARTS) is 1. The van der Waals surface area contributed by atoms with E-state index in [9.17, 15) is 57.8 Å². The quantitative estimate of drug-likeness (QED) is 0.0273. The first-order chi connectivity index (χ1) is 33.8. The fourth-order valence-electron chi connectivity index (χ4n) is 9.23. The summed E-state index contributed by atoms with van der Waals surface area (Å²) in [5.74, 6) is -5.68. The molecular formula is C49H73N6O14PS2. The Morgan fingerprint density at radius 2 is 1.76 bits per heavy atom. The molecule has 5 amide bonds. The van der Waals surface area contributed by atoms with Gasteiger partial charge in [-0.2, -0.15) is 11.8 Å². The van der Waals surface area contributed by atoms with Gasteiger partial charge in [-0.25, -0.2) is 9.55 Å². The van der Waals surface area contributed by atoms with Crippen LogP contribution in [-0.4, -0.2) is 139 Å². The number of aromatic nitrogens is 1. The lowest BCUT2D eigenvalue weighted by Crippen LogP contribution is -2.48. The van der Waals surface area contributed by atoms with Crippen LogP contribution in [-0.2, 0) is 49.3 Å². The van der Waals surface area contributed by atoms with Crippen molar-refractivity contribution in [3.63, 3.8) is 0 Å². The van der Waals surface area contributed by atoms with Crippen molar-refractivity contribution in [3.05, 3.63) is 39.8 Å². The second kappa shape index (κ2) is 27.5. The molecule has 23 heteroatoms. The number of esters is 1. The van der Waals surface area contributed by atoms with Crippen molar-refractivity contribution in [1.29, 1.82) is 0 Å². The molecule has 0 aliphatic carbocycles. The van der Waals surface area contributed by atoms with E-state index in [1.54, 1.807) is 18.2 Å². The average Bonchev–Trinajstić information content (AvgIpc) is 3.91. The van der Waals surface area contributed by atoms with Gasteiger partial charge in [-0.15, -0.1) is 11.3 Å². The number of likely N-dealkylation sites (tertiary alicyclic amines) is 2. The summed E-state index contributed by atoms with van der Waals surface area (Å²) in [5, 5.41) is 16.7. The van der Waals surface area contributed by atoms with Crippen LogP contribution in [0.25, 0.3) is 0 Å². The third-order valence-electron chi connectivity index (χ3n) is 13.6. The Hall–Kier alpha value is -4.73. The zero-order valence-electron chi connectivity index (χ0n) is 42.8. The number of piperidine rings is 1. The molecule has 0 bridgehead atoms. The molecular weight excluding hydrogens is 992 g/mol. The van der Waals surface area contributed by atoms with Crippen LogP contribution in [0.3, 0.4) is 0 Å². The second-order valence-electron chi connectivity index (χ2n) is 19.4. The zero-order valence-corrected chi connectivity index (χ0v) is 45.3. The number of thioether (sulfide) groups is 1. The molecule has 2 aliphatic heterocycles. The van der Waals surface area contributed by atoms with E-state index in [2.05, 4.69) is 20.5 Å². The van der Waals surface area contributed by atoms with Crippen LogP contribution in [0.2, 0.25) is 0 Å². The molecule has 400 valence electrons. The van der Waals surface area contributed by atoms with Gasteiger partial charge in [0.25, 0.3) is 5.91 Å². The molecule has 1 aromatic carbocycles. The summed E-state index contributed by atoms with van der Waals surface area (Å²) in [4.78, 5) is 133. The van der Waals surface area contributed by atoms with E-state index in [4.69, 9.17) is 9.26 Å². The number of Topliss-reactive ketones (excluding diaryl/α,β-unsaturated/α-hetero) is 1. The van der Waals surface area contributed by atoms with Gasteiger partial charge in [0, 0.05) is 69.6 Å². The van der Waals surface area contributed by atoms with Gasteiger partial charge < -0.3 is 29.9 Å². The third-order valence-corrected chi connectivity index (χ3v) is 15.9. The Bertz CT molecular complexity index is 2310. The van der Waals surface area contributed by atoms with Gasteiger partial charge in [0.2, 0.25) is 23.6 Å². The Kier molecular flexibility index (Phi) is 22.9. The highest BCUT2D eigenvalue weighted by molar-refractivity contribution is 8.00. The highest BCUT2D eigenvalue weighted by Crippen LogP contribution is 2.42. The molecule has 0 radical (unpaired) electrons. The first-order valence-electron chi connectivity index (χ1n) is 24.5. The fraction of sp³-hybridized carbons (Fsp3) is 0.653. The molecule has 2 fully saturated rings. The molecule has 2 saturated heterocycles. The number of hydrogen-bond donors (Lipinski definition) is 5. The molecule has 2 aromatic rings. The average molecular weight is 1070 g/mol. The summed E-state index contributed by atoms with van der Waals surface area (Å²) < 4.78 is 22.6. The van der Waals surface area contributed by atoms with Gasteiger partial charge in [0.1, 0.15) is 10.7 Å². The normalized spacial score (nSPS) is 19.0. The standard InChI is InChI=1S/C49H73N6O14PS2/c1-10-29(4)34(24-39(57)37-15-11-13-19-53(37)7)47(61)54(8)38(28(2)3)25-41(68-31(6)56)46-52-36(27-72-46)45(60)50-33(21-30(5)49(63)64)22-32-17-18-40(69-70(65,66)67)35(23-32)51-43(58)16-12-14-20-55-44(59)26-42(71-9)48(55)62/h17-18,23,27-30,33-34,37-38,41-42H,10-16,19-22,24-26H2,1-9H3,(H,50,60)(H,51,58)(H,63,64)(H2,65,66,67)/t29-,30?,33+,34?,37+,38+,41+,42?/m0/s1. The van der Waals surface area contributed by atoms with Crippen molar-refractivity contribution in [2.75, 3.05) is 38.8 Å². The van der Waals surface area contributed by atoms with E-state index in [-0.39, 0.29) is 115 Å². The number of likely N-dealkylation sites (N-methyl/N-ethyl adjacent to an activating group) is 1. The number of nitrogens with zero attached hydrogens (tertiary/aromatic N) is 4. The fourth-order valence-corrected chi connectivity index (χ4v) is 11.1. The molecule has 2 aliphatic rings. The number of anilines is 1. The predicted molar refractivity (Wildman–Crippen MR) is 272 cm³/mol. The van der Waals surface area contributed by atoms with Crippen molar-refractivity contribution < 1.29 is 67.1 Å². The van der Waals surface area contributed by atoms with Crippen LogP contribution in [0.1, 0.15) is 139 Å². The van der Waals surface area contributed by atoms with Gasteiger partial charge >= 0.3 is 19.8 Å². The summed E-state index contributed by atoms with van der Waals surface area (Å²) in [6.45, 7) is 11.6. The number of ketones is 1. The van der Waals surface area contributed by atoms with Crippen LogP contribution in [0.15, 0.2) is 23.6 Å². The van der Waals surface area contributed by atoms with Crippen LogP contribution >= 0.6 is 30.9 Å². The van der Waals surface area contributed by atoms with E-state index in [1.165, 1.54) is 54.1 Å². The lowest BCUT2D eigenvalue weighted by Gasteiger charge is -2.37. The number of phosphoric ester groups is 1. The lowest BCUT2D eigenvalue weighted by molar-refractivity contribution is -0.150. The second-order valence-corrected chi connectivity index (χ2v) is 22.5. The van der Waals surface area contributed by atoms with E-state index < -0.39 is 66.8 Å². The van der Waals surface area contributed by atoms with E-state index in [0.717, 1.165) is 37.1 Å². The molecule has 8 atom stereocenters. The van der Waals surface area contributed by atoms with Crippen molar-refractivity contribution in [1.82, 2.24) is 25.0 Å². The molecule has 20 nitrogen and oxygen atoms in total. The molecule has 4 rings (SSSR count). The number of unbranched alkanes of at least 4 members (excludes halogenated alkanes) is 1. The predicted octanol–water partition coefficient (Wildman–Crippen LogP) is 6.25. The number of imide groups is 1. The summed E-state index contributed by atoms with van der Waals surface area (Å²) in [6.07, 6.45) is 5.06. The van der Waals surface area contributed by atoms with E-state index in [1.807, 2.05) is 34.7 Å². The number of rotatable bonds is 28. The van der Waals surface area contributed by atoms with Gasteiger partial charge in [0.05, 0.1) is 22.9 Å². The smallest absolute Gasteiger partial charge is 0.481 e. The lowest BCUT2D eigenvalue weighted by atomic mass is 9.83. The number of nitrogens with one attached hydrogen (secondary N) is 2. The Morgan fingerprint density at radius 3 is 2.36 bits per heavy atom. The Labute approximate surface area is 430 Å². The molecule has 0 spiro atoms. The molecule has 3 heterocycles.